The van der Waals surface area contributed by atoms with Crippen LogP contribution < -0.4 is 9.47 Å². The molecule has 8 nitrogen and oxygen atoms in total. The summed E-state index contributed by atoms with van der Waals surface area (Å²) in [5, 5.41) is 8.37. The fraction of sp³-hybridized carbons (Fsp3) is 0.154. The summed E-state index contributed by atoms with van der Waals surface area (Å²) in [4.78, 5) is 9.30. The molecule has 0 spiro atoms. The summed E-state index contributed by atoms with van der Waals surface area (Å²) < 4.78 is 21.8. The van der Waals surface area contributed by atoms with E-state index in [1.807, 2.05) is 78.9 Å². The van der Waals surface area contributed by atoms with Gasteiger partial charge in [-0.2, -0.15) is 9.97 Å². The van der Waals surface area contributed by atoms with Gasteiger partial charge in [0, 0.05) is 11.1 Å². The predicted molar refractivity (Wildman–Crippen MR) is 125 cm³/mol. The monoisotopic (exact) mass is 454 g/mol. The SMILES string of the molecule is COc1ccc(-c2noc(C(Cc3ccccc3)c3nc(-c4ccc(OC)cc4)no3)n2)cc1. The van der Waals surface area contributed by atoms with Crippen LogP contribution in [0.15, 0.2) is 87.9 Å². The molecule has 170 valence electrons. The molecule has 34 heavy (non-hydrogen) atoms. The average Bonchev–Trinajstić information content (AvgIpc) is 3.59. The van der Waals surface area contributed by atoms with Gasteiger partial charge < -0.3 is 18.5 Å². The van der Waals surface area contributed by atoms with E-state index in [1.54, 1.807) is 14.2 Å². The third-order valence-electron chi connectivity index (χ3n) is 5.46. The molecule has 2 heterocycles. The summed E-state index contributed by atoms with van der Waals surface area (Å²) in [6.45, 7) is 0. The standard InChI is InChI=1S/C26H22N4O4/c1-31-20-12-8-18(9-13-20)23-27-25(33-29-23)22(16-17-6-4-3-5-7-17)26-28-24(30-34-26)19-10-14-21(32-2)15-11-19/h3-15,22H,16H2,1-2H3. The van der Waals surface area contributed by atoms with Crippen molar-refractivity contribution in [1.82, 2.24) is 20.3 Å². The predicted octanol–water partition coefficient (Wildman–Crippen LogP) is 5.18. The Morgan fingerprint density at radius 1 is 0.647 bits per heavy atom. The van der Waals surface area contributed by atoms with Crippen LogP contribution in [0, 0.1) is 0 Å². The molecule has 0 N–H and O–H groups in total. The first kappa shape index (κ1) is 21.4. The molecular formula is C26H22N4O4. The maximum absolute atomic E-state index is 5.67. The zero-order chi connectivity index (χ0) is 23.3. The van der Waals surface area contributed by atoms with E-state index in [4.69, 9.17) is 18.5 Å². The lowest BCUT2D eigenvalue weighted by Gasteiger charge is -2.08. The van der Waals surface area contributed by atoms with Gasteiger partial charge in [-0.25, -0.2) is 0 Å². The van der Waals surface area contributed by atoms with Gasteiger partial charge in [-0.05, 0) is 60.5 Å². The minimum atomic E-state index is -0.401. The van der Waals surface area contributed by atoms with Crippen molar-refractivity contribution in [3.63, 3.8) is 0 Å². The fourth-order valence-electron chi connectivity index (χ4n) is 3.60. The number of nitrogens with zero attached hydrogens (tertiary/aromatic N) is 4. The number of aromatic nitrogens is 4. The molecule has 2 aromatic heterocycles. The van der Waals surface area contributed by atoms with Crippen LogP contribution in [-0.4, -0.2) is 34.5 Å². The van der Waals surface area contributed by atoms with Gasteiger partial charge in [0.2, 0.25) is 23.4 Å². The molecule has 0 aliphatic rings. The Labute approximate surface area is 196 Å². The zero-order valence-electron chi connectivity index (χ0n) is 18.7. The van der Waals surface area contributed by atoms with Crippen molar-refractivity contribution in [3.05, 3.63) is 96.2 Å². The van der Waals surface area contributed by atoms with E-state index < -0.39 is 5.92 Å². The maximum atomic E-state index is 5.67. The normalized spacial score (nSPS) is 11.0. The first-order valence-corrected chi connectivity index (χ1v) is 10.7. The Bertz CT molecular complexity index is 1260. The second-order valence-corrected chi connectivity index (χ2v) is 7.61. The van der Waals surface area contributed by atoms with E-state index in [2.05, 4.69) is 20.3 Å². The van der Waals surface area contributed by atoms with Crippen molar-refractivity contribution in [2.45, 2.75) is 12.3 Å². The van der Waals surface area contributed by atoms with Crippen LogP contribution in [0.3, 0.4) is 0 Å². The molecule has 0 amide bonds. The number of ether oxygens (including phenoxy) is 2. The highest BCUT2D eigenvalue weighted by Gasteiger charge is 2.28. The van der Waals surface area contributed by atoms with E-state index in [9.17, 15) is 0 Å². The topological polar surface area (TPSA) is 96.3 Å². The van der Waals surface area contributed by atoms with Crippen molar-refractivity contribution in [1.29, 1.82) is 0 Å². The first-order chi connectivity index (χ1) is 16.7. The third kappa shape index (κ3) is 4.52. The van der Waals surface area contributed by atoms with Crippen LogP contribution in [0.5, 0.6) is 11.5 Å². The molecule has 5 aromatic rings. The van der Waals surface area contributed by atoms with Crippen molar-refractivity contribution in [2.75, 3.05) is 14.2 Å². The van der Waals surface area contributed by atoms with Crippen molar-refractivity contribution >= 4 is 0 Å². The molecule has 0 fully saturated rings. The number of rotatable bonds is 8. The highest BCUT2D eigenvalue weighted by molar-refractivity contribution is 5.56. The minimum Gasteiger partial charge on any atom is -0.497 e. The third-order valence-corrected chi connectivity index (χ3v) is 5.46. The van der Waals surface area contributed by atoms with Gasteiger partial charge in [0.05, 0.1) is 14.2 Å². The van der Waals surface area contributed by atoms with Crippen LogP contribution in [-0.2, 0) is 6.42 Å². The van der Waals surface area contributed by atoms with Gasteiger partial charge in [0.15, 0.2) is 0 Å². The number of hydrogen-bond donors (Lipinski definition) is 0. The van der Waals surface area contributed by atoms with E-state index in [0.717, 1.165) is 28.2 Å². The summed E-state index contributed by atoms with van der Waals surface area (Å²) in [5.41, 5.74) is 2.72. The minimum absolute atomic E-state index is 0.401. The molecule has 0 saturated heterocycles. The van der Waals surface area contributed by atoms with Crippen LogP contribution in [0.25, 0.3) is 22.8 Å². The molecule has 0 aliphatic carbocycles. The Morgan fingerprint density at radius 3 is 1.56 bits per heavy atom. The lowest BCUT2D eigenvalue weighted by atomic mass is 9.99. The van der Waals surface area contributed by atoms with Gasteiger partial charge >= 0.3 is 0 Å². The van der Waals surface area contributed by atoms with Crippen LogP contribution in [0.2, 0.25) is 0 Å². The Kier molecular flexibility index (Phi) is 6.03. The van der Waals surface area contributed by atoms with E-state index in [1.165, 1.54) is 0 Å². The lowest BCUT2D eigenvalue weighted by molar-refractivity contribution is 0.316. The van der Waals surface area contributed by atoms with Gasteiger partial charge in [-0.15, -0.1) is 0 Å². The van der Waals surface area contributed by atoms with Crippen LogP contribution in [0.1, 0.15) is 23.3 Å². The molecule has 8 heteroatoms. The maximum Gasteiger partial charge on any atom is 0.239 e. The fourth-order valence-corrected chi connectivity index (χ4v) is 3.60. The second kappa shape index (κ2) is 9.58. The van der Waals surface area contributed by atoms with Gasteiger partial charge in [-0.1, -0.05) is 40.6 Å². The molecule has 3 aromatic carbocycles. The molecular weight excluding hydrogens is 432 g/mol. The molecule has 0 radical (unpaired) electrons. The summed E-state index contributed by atoms with van der Waals surface area (Å²) in [7, 11) is 3.25. The molecule has 0 bridgehead atoms. The highest BCUT2D eigenvalue weighted by atomic mass is 16.5. The van der Waals surface area contributed by atoms with Crippen molar-refractivity contribution in [3.8, 4) is 34.3 Å². The first-order valence-electron chi connectivity index (χ1n) is 10.7. The molecule has 0 unspecified atom stereocenters. The van der Waals surface area contributed by atoms with Crippen LogP contribution in [0.4, 0.5) is 0 Å². The number of hydrogen-bond acceptors (Lipinski definition) is 8. The lowest BCUT2D eigenvalue weighted by Crippen LogP contribution is -2.06. The van der Waals surface area contributed by atoms with E-state index in [-0.39, 0.29) is 0 Å². The number of benzene rings is 3. The van der Waals surface area contributed by atoms with E-state index >= 15 is 0 Å². The molecule has 0 aliphatic heterocycles. The summed E-state index contributed by atoms with van der Waals surface area (Å²) >= 11 is 0. The van der Waals surface area contributed by atoms with Gasteiger partial charge in [0.25, 0.3) is 0 Å². The largest absolute Gasteiger partial charge is 0.497 e. The summed E-state index contributed by atoms with van der Waals surface area (Å²) in [5.74, 6) is 2.87. The molecule has 0 saturated carbocycles. The van der Waals surface area contributed by atoms with Crippen molar-refractivity contribution in [2.24, 2.45) is 0 Å². The smallest absolute Gasteiger partial charge is 0.239 e. The Hall–Kier alpha value is -4.46. The average molecular weight is 454 g/mol. The van der Waals surface area contributed by atoms with Crippen LogP contribution >= 0.6 is 0 Å². The van der Waals surface area contributed by atoms with E-state index in [0.29, 0.717) is 29.9 Å². The molecule has 0 atom stereocenters. The second-order valence-electron chi connectivity index (χ2n) is 7.61. The summed E-state index contributed by atoms with van der Waals surface area (Å²) in [6.07, 6.45) is 0.565. The Morgan fingerprint density at radius 2 is 1.12 bits per heavy atom. The summed E-state index contributed by atoms with van der Waals surface area (Å²) in [6, 6.07) is 25.0. The quantitative estimate of drug-likeness (QED) is 0.316. The Balaban J connectivity index is 1.48. The van der Waals surface area contributed by atoms with Gasteiger partial charge in [0.1, 0.15) is 17.4 Å². The highest BCUT2D eigenvalue weighted by Crippen LogP contribution is 2.30. The number of methoxy groups -OCH3 is 2. The van der Waals surface area contributed by atoms with Crippen molar-refractivity contribution < 1.29 is 18.5 Å². The zero-order valence-corrected chi connectivity index (χ0v) is 18.7. The van der Waals surface area contributed by atoms with Gasteiger partial charge in [-0.3, -0.25) is 0 Å². The molecule has 5 rings (SSSR count).